The van der Waals surface area contributed by atoms with Gasteiger partial charge in [0.15, 0.2) is 5.82 Å². The summed E-state index contributed by atoms with van der Waals surface area (Å²) in [4.78, 5) is 20.1. The third kappa shape index (κ3) is 5.83. The third-order valence-electron chi connectivity index (χ3n) is 2.41. The van der Waals surface area contributed by atoms with Gasteiger partial charge in [-0.05, 0) is 13.3 Å². The van der Waals surface area contributed by atoms with Gasteiger partial charge in [0.2, 0.25) is 5.91 Å². The molecule has 20 heavy (non-hydrogen) atoms. The summed E-state index contributed by atoms with van der Waals surface area (Å²) in [6.07, 6.45) is 1.01. The van der Waals surface area contributed by atoms with Crippen molar-refractivity contribution in [2.75, 3.05) is 37.4 Å². The molecule has 1 amide bonds. The topological polar surface area (TPSA) is 88.2 Å². The normalized spacial score (nSPS) is 10.2. The lowest BCUT2D eigenvalue weighted by molar-refractivity contribution is -0.119. The van der Waals surface area contributed by atoms with Crippen molar-refractivity contribution in [3.8, 4) is 0 Å². The van der Waals surface area contributed by atoms with E-state index < -0.39 is 0 Å². The molecule has 0 bridgehead atoms. The SMILES string of the molecule is CCCNc1cc(NCC(=O)NCC)nc(COC)n1. The van der Waals surface area contributed by atoms with Crippen LogP contribution >= 0.6 is 0 Å². The minimum absolute atomic E-state index is 0.0672. The molecule has 0 aliphatic rings. The zero-order chi connectivity index (χ0) is 14.8. The van der Waals surface area contributed by atoms with E-state index in [1.54, 1.807) is 13.2 Å². The molecule has 7 nitrogen and oxygen atoms in total. The van der Waals surface area contributed by atoms with E-state index in [-0.39, 0.29) is 12.5 Å². The van der Waals surface area contributed by atoms with E-state index in [0.29, 0.717) is 24.8 Å². The van der Waals surface area contributed by atoms with Gasteiger partial charge in [-0.3, -0.25) is 4.79 Å². The van der Waals surface area contributed by atoms with Crippen LogP contribution in [0.3, 0.4) is 0 Å². The zero-order valence-corrected chi connectivity index (χ0v) is 12.3. The van der Waals surface area contributed by atoms with Gasteiger partial charge in [0.25, 0.3) is 0 Å². The van der Waals surface area contributed by atoms with Crippen molar-refractivity contribution < 1.29 is 9.53 Å². The number of ether oxygens (including phenoxy) is 1. The average Bonchev–Trinajstić information content (AvgIpc) is 2.43. The molecular formula is C13H23N5O2. The Kier molecular flexibility index (Phi) is 7.34. The molecule has 0 aliphatic carbocycles. The van der Waals surface area contributed by atoms with Crippen molar-refractivity contribution in [1.29, 1.82) is 0 Å². The number of aromatic nitrogens is 2. The maximum atomic E-state index is 11.4. The van der Waals surface area contributed by atoms with Crippen LogP contribution in [0.25, 0.3) is 0 Å². The van der Waals surface area contributed by atoms with Crippen molar-refractivity contribution >= 4 is 17.5 Å². The highest BCUT2D eigenvalue weighted by Gasteiger charge is 2.06. The second-order valence-electron chi connectivity index (χ2n) is 4.22. The Morgan fingerprint density at radius 3 is 2.55 bits per heavy atom. The van der Waals surface area contributed by atoms with Gasteiger partial charge in [-0.2, -0.15) is 0 Å². The molecule has 0 fully saturated rings. The van der Waals surface area contributed by atoms with Gasteiger partial charge in [-0.1, -0.05) is 6.92 Å². The van der Waals surface area contributed by atoms with E-state index in [1.165, 1.54) is 0 Å². The van der Waals surface area contributed by atoms with Crippen molar-refractivity contribution in [3.05, 3.63) is 11.9 Å². The highest BCUT2D eigenvalue weighted by Crippen LogP contribution is 2.11. The summed E-state index contributed by atoms with van der Waals surface area (Å²) in [6.45, 7) is 5.92. The van der Waals surface area contributed by atoms with Gasteiger partial charge >= 0.3 is 0 Å². The molecule has 0 saturated carbocycles. The van der Waals surface area contributed by atoms with Crippen LogP contribution in [-0.4, -0.2) is 42.6 Å². The van der Waals surface area contributed by atoms with Crippen molar-refractivity contribution in [2.24, 2.45) is 0 Å². The predicted octanol–water partition coefficient (Wildman–Crippen LogP) is 0.993. The number of carbonyl (C=O) groups excluding carboxylic acids is 1. The molecule has 0 radical (unpaired) electrons. The molecule has 0 aromatic carbocycles. The Morgan fingerprint density at radius 1 is 1.25 bits per heavy atom. The van der Waals surface area contributed by atoms with E-state index in [9.17, 15) is 4.79 Å². The lowest BCUT2D eigenvalue weighted by Crippen LogP contribution is -2.29. The number of nitrogens with zero attached hydrogens (tertiary/aromatic N) is 2. The smallest absolute Gasteiger partial charge is 0.239 e. The molecule has 0 saturated heterocycles. The minimum atomic E-state index is -0.0672. The van der Waals surface area contributed by atoms with Gasteiger partial charge in [0.1, 0.15) is 18.2 Å². The van der Waals surface area contributed by atoms with Gasteiger partial charge in [0, 0.05) is 26.3 Å². The monoisotopic (exact) mass is 281 g/mol. The molecular weight excluding hydrogens is 258 g/mol. The molecule has 1 aromatic heterocycles. The fourth-order valence-corrected chi connectivity index (χ4v) is 1.56. The highest BCUT2D eigenvalue weighted by atomic mass is 16.5. The van der Waals surface area contributed by atoms with Gasteiger partial charge in [-0.25, -0.2) is 9.97 Å². The van der Waals surface area contributed by atoms with Crippen LogP contribution < -0.4 is 16.0 Å². The second kappa shape index (κ2) is 9.08. The third-order valence-corrected chi connectivity index (χ3v) is 2.41. The van der Waals surface area contributed by atoms with Crippen LogP contribution in [0, 0.1) is 0 Å². The molecule has 3 N–H and O–H groups in total. The van der Waals surface area contributed by atoms with Crippen molar-refractivity contribution in [2.45, 2.75) is 26.9 Å². The number of carbonyl (C=O) groups is 1. The highest BCUT2D eigenvalue weighted by molar-refractivity contribution is 5.80. The number of rotatable bonds is 9. The number of hydrogen-bond acceptors (Lipinski definition) is 6. The number of likely N-dealkylation sites (N-methyl/N-ethyl adjacent to an activating group) is 1. The first-order valence-corrected chi connectivity index (χ1v) is 6.80. The molecule has 1 heterocycles. The molecule has 0 unspecified atom stereocenters. The summed E-state index contributed by atoms with van der Waals surface area (Å²) >= 11 is 0. The molecule has 0 atom stereocenters. The molecule has 112 valence electrons. The Labute approximate surface area is 119 Å². The lowest BCUT2D eigenvalue weighted by Gasteiger charge is -2.10. The molecule has 0 spiro atoms. The average molecular weight is 281 g/mol. The number of methoxy groups -OCH3 is 1. The summed E-state index contributed by atoms with van der Waals surface area (Å²) in [7, 11) is 1.59. The van der Waals surface area contributed by atoms with E-state index >= 15 is 0 Å². The minimum Gasteiger partial charge on any atom is -0.377 e. The van der Waals surface area contributed by atoms with E-state index in [2.05, 4.69) is 32.8 Å². The number of hydrogen-bond donors (Lipinski definition) is 3. The summed E-state index contributed by atoms with van der Waals surface area (Å²) in [5.74, 6) is 1.85. The fourth-order valence-electron chi connectivity index (χ4n) is 1.56. The van der Waals surface area contributed by atoms with Gasteiger partial charge in [0.05, 0.1) is 6.54 Å². The maximum absolute atomic E-state index is 11.4. The molecule has 7 heteroatoms. The van der Waals surface area contributed by atoms with Crippen LogP contribution in [0.5, 0.6) is 0 Å². The molecule has 1 aromatic rings. The van der Waals surface area contributed by atoms with Crippen molar-refractivity contribution in [1.82, 2.24) is 15.3 Å². The van der Waals surface area contributed by atoms with E-state index in [1.807, 2.05) is 6.92 Å². The fraction of sp³-hybridized carbons (Fsp3) is 0.615. The maximum Gasteiger partial charge on any atom is 0.239 e. The first-order valence-electron chi connectivity index (χ1n) is 6.80. The van der Waals surface area contributed by atoms with E-state index in [4.69, 9.17) is 4.74 Å². The lowest BCUT2D eigenvalue weighted by atomic mass is 10.4. The second-order valence-corrected chi connectivity index (χ2v) is 4.22. The molecule has 1 rings (SSSR count). The number of amides is 1. The first-order chi connectivity index (χ1) is 9.69. The molecule has 0 aliphatic heterocycles. The standard InChI is InChI=1S/C13H23N5O2/c1-4-6-15-10-7-11(16-8-13(19)14-5-2)18-12(17-10)9-20-3/h7H,4-6,8-9H2,1-3H3,(H,14,19)(H2,15,16,17,18). The Hall–Kier alpha value is -1.89. The Balaban J connectivity index is 2.71. The van der Waals surface area contributed by atoms with Crippen molar-refractivity contribution in [3.63, 3.8) is 0 Å². The van der Waals surface area contributed by atoms with Gasteiger partial charge in [-0.15, -0.1) is 0 Å². The summed E-state index contributed by atoms with van der Waals surface area (Å²) in [5, 5.41) is 8.90. The van der Waals surface area contributed by atoms with Crippen LogP contribution in [0.1, 0.15) is 26.1 Å². The Morgan fingerprint density at radius 2 is 1.95 bits per heavy atom. The quantitative estimate of drug-likeness (QED) is 0.625. The van der Waals surface area contributed by atoms with Crippen LogP contribution in [0.15, 0.2) is 6.07 Å². The Bertz CT molecular complexity index is 425. The van der Waals surface area contributed by atoms with Crippen LogP contribution in [-0.2, 0) is 16.1 Å². The van der Waals surface area contributed by atoms with E-state index in [0.717, 1.165) is 18.8 Å². The number of nitrogens with one attached hydrogen (secondary N) is 3. The zero-order valence-electron chi connectivity index (χ0n) is 12.3. The summed E-state index contributed by atoms with van der Waals surface area (Å²) in [6, 6.07) is 1.79. The predicted molar refractivity (Wildman–Crippen MR) is 78.7 cm³/mol. The summed E-state index contributed by atoms with van der Waals surface area (Å²) < 4.78 is 5.05. The summed E-state index contributed by atoms with van der Waals surface area (Å²) in [5.41, 5.74) is 0. The van der Waals surface area contributed by atoms with Crippen LogP contribution in [0.2, 0.25) is 0 Å². The first kappa shape index (κ1) is 16.2. The largest absolute Gasteiger partial charge is 0.377 e. The van der Waals surface area contributed by atoms with Gasteiger partial charge < -0.3 is 20.7 Å². The number of anilines is 2. The van der Waals surface area contributed by atoms with Crippen LogP contribution in [0.4, 0.5) is 11.6 Å².